The van der Waals surface area contributed by atoms with Gasteiger partial charge in [-0.15, -0.1) is 0 Å². The summed E-state index contributed by atoms with van der Waals surface area (Å²) in [6.07, 6.45) is 6.33. The standard InChI is InChI=1S/C32H39FN6O3/c1-21-26-7-3-8-27(33)31(26)39(14-5-15-42-2)30(21)23-6-4-13-38(19-23)29(40)17-24(34)16-22-9-11-25(12-10-22)37-32(41)28-18-35-20-36-28/h3,7-12,18,20,23-24H,4-6,13-17,19,34H2,1-2H3,(H,35,36)(H,37,41). The van der Waals surface area contributed by atoms with E-state index in [1.807, 2.05) is 35.2 Å². The minimum Gasteiger partial charge on any atom is -0.385 e. The average Bonchev–Trinajstić information content (AvgIpc) is 3.62. The maximum Gasteiger partial charge on any atom is 0.273 e. The Hall–Kier alpha value is -4.02. The molecule has 1 aliphatic heterocycles. The van der Waals surface area contributed by atoms with Crippen molar-refractivity contribution in [2.45, 2.75) is 57.5 Å². The van der Waals surface area contributed by atoms with E-state index in [0.29, 0.717) is 49.6 Å². The van der Waals surface area contributed by atoms with Crippen LogP contribution in [0.5, 0.6) is 0 Å². The lowest BCUT2D eigenvalue weighted by Crippen LogP contribution is -2.42. The highest BCUT2D eigenvalue weighted by Gasteiger charge is 2.30. The van der Waals surface area contributed by atoms with Crippen molar-refractivity contribution >= 4 is 28.4 Å². The molecule has 0 saturated carbocycles. The summed E-state index contributed by atoms with van der Waals surface area (Å²) in [5.74, 6) is -0.320. The highest BCUT2D eigenvalue weighted by atomic mass is 19.1. The Morgan fingerprint density at radius 2 is 2.05 bits per heavy atom. The number of nitrogens with zero attached hydrogens (tertiary/aromatic N) is 3. The first-order chi connectivity index (χ1) is 20.4. The average molecular weight is 575 g/mol. The minimum atomic E-state index is -0.334. The Morgan fingerprint density at radius 3 is 2.79 bits per heavy atom. The molecule has 0 spiro atoms. The third-order valence-corrected chi connectivity index (χ3v) is 8.12. The zero-order chi connectivity index (χ0) is 29.6. The van der Waals surface area contributed by atoms with Gasteiger partial charge in [-0.05, 0) is 61.9 Å². The van der Waals surface area contributed by atoms with Crippen LogP contribution in [0.1, 0.15) is 58.9 Å². The lowest BCUT2D eigenvalue weighted by atomic mass is 9.91. The maximum atomic E-state index is 15.0. The van der Waals surface area contributed by atoms with E-state index in [2.05, 4.69) is 26.8 Å². The molecule has 1 aliphatic rings. The third kappa shape index (κ3) is 6.55. The number of aromatic nitrogens is 3. The SMILES string of the molecule is COCCCn1c(C2CCCN(C(=O)CC(N)Cc3ccc(NC(=O)c4cnc[nH]4)cc3)C2)c(C)c2cccc(F)c21. The van der Waals surface area contributed by atoms with Gasteiger partial charge < -0.3 is 30.2 Å². The molecule has 9 nitrogen and oxygen atoms in total. The quantitative estimate of drug-likeness (QED) is 0.223. The number of piperidine rings is 1. The number of aromatic amines is 1. The Morgan fingerprint density at radius 1 is 1.24 bits per heavy atom. The van der Waals surface area contributed by atoms with Crippen molar-refractivity contribution in [3.63, 3.8) is 0 Å². The number of amides is 2. The van der Waals surface area contributed by atoms with E-state index in [4.69, 9.17) is 10.5 Å². The minimum absolute atomic E-state index is 0.0431. The van der Waals surface area contributed by atoms with Crippen LogP contribution < -0.4 is 11.1 Å². The van der Waals surface area contributed by atoms with Gasteiger partial charge in [0.2, 0.25) is 5.91 Å². The maximum absolute atomic E-state index is 15.0. The van der Waals surface area contributed by atoms with E-state index < -0.39 is 0 Å². The summed E-state index contributed by atoms with van der Waals surface area (Å²) in [6, 6.07) is 12.4. The zero-order valence-corrected chi connectivity index (χ0v) is 24.2. The van der Waals surface area contributed by atoms with Crippen LogP contribution in [-0.2, 0) is 22.5 Å². The summed E-state index contributed by atoms with van der Waals surface area (Å²) in [5, 5.41) is 3.75. The number of aryl methyl sites for hydroxylation is 2. The molecule has 2 unspecified atom stereocenters. The molecule has 2 aromatic heterocycles. The van der Waals surface area contributed by atoms with Crippen molar-refractivity contribution < 1.29 is 18.7 Å². The molecule has 0 aliphatic carbocycles. The fourth-order valence-electron chi connectivity index (χ4n) is 6.14. The largest absolute Gasteiger partial charge is 0.385 e. The number of likely N-dealkylation sites (tertiary alicyclic amines) is 1. The van der Waals surface area contributed by atoms with E-state index in [-0.39, 0.29) is 36.0 Å². The van der Waals surface area contributed by atoms with Gasteiger partial charge in [-0.3, -0.25) is 9.59 Å². The number of anilines is 1. The molecule has 10 heteroatoms. The molecular weight excluding hydrogens is 535 g/mol. The predicted octanol–water partition coefficient (Wildman–Crippen LogP) is 4.77. The van der Waals surface area contributed by atoms with Crippen molar-refractivity contribution in [3.05, 3.63) is 83.3 Å². The normalized spacial score (nSPS) is 16.1. The van der Waals surface area contributed by atoms with E-state index in [1.165, 1.54) is 18.6 Å². The molecule has 4 N–H and O–H groups in total. The van der Waals surface area contributed by atoms with Gasteiger partial charge in [0.05, 0.1) is 18.0 Å². The van der Waals surface area contributed by atoms with Gasteiger partial charge in [0.1, 0.15) is 11.5 Å². The number of rotatable bonds is 11. The second-order valence-electron chi connectivity index (χ2n) is 11.1. The number of halogens is 1. The molecule has 222 valence electrons. The molecule has 0 radical (unpaired) electrons. The monoisotopic (exact) mass is 574 g/mol. The number of fused-ring (bicyclic) bond motifs is 1. The predicted molar refractivity (Wildman–Crippen MR) is 161 cm³/mol. The summed E-state index contributed by atoms with van der Waals surface area (Å²) >= 11 is 0. The van der Waals surface area contributed by atoms with Crippen LogP contribution in [0.3, 0.4) is 0 Å². The first kappa shape index (κ1) is 29.5. The van der Waals surface area contributed by atoms with Crippen LogP contribution in [0.2, 0.25) is 0 Å². The molecule has 1 saturated heterocycles. The molecule has 42 heavy (non-hydrogen) atoms. The van der Waals surface area contributed by atoms with Crippen molar-refractivity contribution in [1.82, 2.24) is 19.4 Å². The van der Waals surface area contributed by atoms with Crippen LogP contribution in [0.15, 0.2) is 55.0 Å². The molecule has 1 fully saturated rings. The summed E-state index contributed by atoms with van der Waals surface area (Å²) in [5.41, 5.74) is 11.3. The Bertz CT molecular complexity index is 1520. The zero-order valence-electron chi connectivity index (χ0n) is 24.2. The van der Waals surface area contributed by atoms with Gasteiger partial charge in [0.15, 0.2) is 0 Å². The number of ether oxygens (including phenoxy) is 1. The van der Waals surface area contributed by atoms with Gasteiger partial charge in [-0.2, -0.15) is 0 Å². The molecule has 2 aromatic carbocycles. The first-order valence-electron chi connectivity index (χ1n) is 14.5. The van der Waals surface area contributed by atoms with Crippen molar-refractivity contribution in [2.24, 2.45) is 5.73 Å². The summed E-state index contributed by atoms with van der Waals surface area (Å²) in [7, 11) is 1.68. The highest BCUT2D eigenvalue weighted by Crippen LogP contribution is 2.36. The second kappa shape index (κ2) is 13.3. The van der Waals surface area contributed by atoms with E-state index in [1.54, 1.807) is 13.2 Å². The summed E-state index contributed by atoms with van der Waals surface area (Å²) < 4.78 is 22.4. The highest BCUT2D eigenvalue weighted by molar-refractivity contribution is 6.02. The van der Waals surface area contributed by atoms with Crippen molar-refractivity contribution in [1.29, 1.82) is 0 Å². The van der Waals surface area contributed by atoms with Crippen LogP contribution >= 0.6 is 0 Å². The van der Waals surface area contributed by atoms with Crippen molar-refractivity contribution in [2.75, 3.05) is 32.1 Å². The van der Waals surface area contributed by atoms with Gasteiger partial charge in [0, 0.05) is 68.5 Å². The number of hydrogen-bond acceptors (Lipinski definition) is 5. The molecule has 2 amide bonds. The number of H-pyrrole nitrogens is 1. The molecule has 4 aromatic rings. The lowest BCUT2D eigenvalue weighted by Gasteiger charge is -2.34. The number of methoxy groups -OCH3 is 1. The topological polar surface area (TPSA) is 118 Å². The van der Waals surface area contributed by atoms with Crippen LogP contribution in [-0.4, -0.2) is 64.1 Å². The number of benzene rings is 2. The summed E-state index contributed by atoms with van der Waals surface area (Å²) in [6.45, 7) is 4.62. The number of nitrogens with one attached hydrogen (secondary N) is 2. The van der Waals surface area contributed by atoms with Gasteiger partial charge >= 0.3 is 0 Å². The fraction of sp³-hybridized carbons (Fsp3) is 0.406. The van der Waals surface area contributed by atoms with Gasteiger partial charge in [0.25, 0.3) is 5.91 Å². The van der Waals surface area contributed by atoms with Crippen molar-refractivity contribution in [3.8, 4) is 0 Å². The van der Waals surface area contributed by atoms with Crippen LogP contribution in [0.4, 0.5) is 10.1 Å². The van der Waals surface area contributed by atoms with Gasteiger partial charge in [-0.1, -0.05) is 24.3 Å². The van der Waals surface area contributed by atoms with E-state index in [0.717, 1.165) is 41.5 Å². The number of hydrogen-bond donors (Lipinski definition) is 3. The molecule has 2 atom stereocenters. The lowest BCUT2D eigenvalue weighted by molar-refractivity contribution is -0.132. The van der Waals surface area contributed by atoms with Crippen LogP contribution in [0.25, 0.3) is 10.9 Å². The molecule has 3 heterocycles. The Balaban J connectivity index is 1.22. The smallest absolute Gasteiger partial charge is 0.273 e. The first-order valence-corrected chi connectivity index (χ1v) is 14.5. The second-order valence-corrected chi connectivity index (χ2v) is 11.1. The molecule has 0 bridgehead atoms. The van der Waals surface area contributed by atoms with Gasteiger partial charge in [-0.25, -0.2) is 9.37 Å². The third-order valence-electron chi connectivity index (χ3n) is 8.12. The molecular formula is C32H39FN6O3. The van der Waals surface area contributed by atoms with E-state index in [9.17, 15) is 9.59 Å². The number of nitrogens with two attached hydrogens (primary N) is 1. The number of carbonyl (C=O) groups excluding carboxylic acids is 2. The Labute approximate surface area is 245 Å². The number of imidazole rings is 1. The summed E-state index contributed by atoms with van der Waals surface area (Å²) in [4.78, 5) is 34.2. The molecule has 5 rings (SSSR count). The number of para-hydroxylation sites is 1. The van der Waals surface area contributed by atoms with E-state index >= 15 is 4.39 Å². The van der Waals surface area contributed by atoms with Crippen LogP contribution in [0, 0.1) is 12.7 Å². The Kier molecular flexibility index (Phi) is 9.34. The number of carbonyl (C=O) groups is 2. The fourth-order valence-corrected chi connectivity index (χ4v) is 6.14.